The molecule has 0 bridgehead atoms. The summed E-state index contributed by atoms with van der Waals surface area (Å²) in [7, 11) is 1.82. The molecule has 146 valence electrons. The van der Waals surface area contributed by atoms with Crippen molar-refractivity contribution in [2.24, 2.45) is 4.99 Å². The van der Waals surface area contributed by atoms with E-state index >= 15 is 0 Å². The normalized spacial score (nSPS) is 16.3. The largest absolute Gasteiger partial charge is 0.355 e. The minimum atomic E-state index is 0.118. The molecule has 0 radical (unpaired) electrons. The Morgan fingerprint density at radius 3 is 2.63 bits per heavy atom. The molecule has 2 aromatic rings. The lowest BCUT2D eigenvalue weighted by Gasteiger charge is -2.41. The molecule has 0 aliphatic carbocycles. The van der Waals surface area contributed by atoms with Gasteiger partial charge in [-0.2, -0.15) is 0 Å². The molecule has 0 atom stereocenters. The summed E-state index contributed by atoms with van der Waals surface area (Å²) in [4.78, 5) is 11.1. The van der Waals surface area contributed by atoms with Crippen LogP contribution in [0.2, 0.25) is 0 Å². The van der Waals surface area contributed by atoms with Gasteiger partial charge >= 0.3 is 0 Å². The summed E-state index contributed by atoms with van der Waals surface area (Å²) in [5, 5.41) is 6.96. The summed E-state index contributed by atoms with van der Waals surface area (Å²) in [5.74, 6) is 0.834. The number of para-hydroxylation sites is 1. The zero-order valence-corrected chi connectivity index (χ0v) is 16.8. The third kappa shape index (κ3) is 5.10. The van der Waals surface area contributed by atoms with Gasteiger partial charge in [-0.3, -0.25) is 9.89 Å². The standard InChI is InChI=1S/C21H32N6/c1-21(2,27-12-7-4-8-13-27)16-25-20(22-3)24-15-18-9-5-6-10-19(18)26-14-11-23-17-26/h5-6,9-11,14,17H,4,7-8,12-13,15-16H2,1-3H3,(H2,22,24,25). The highest BCUT2D eigenvalue weighted by atomic mass is 15.2. The zero-order valence-electron chi connectivity index (χ0n) is 16.8. The number of piperidine rings is 1. The van der Waals surface area contributed by atoms with Crippen LogP contribution in [-0.2, 0) is 6.54 Å². The highest BCUT2D eigenvalue weighted by Crippen LogP contribution is 2.19. The molecule has 0 spiro atoms. The number of aliphatic imine (C=N–C) groups is 1. The van der Waals surface area contributed by atoms with Gasteiger partial charge in [0.25, 0.3) is 0 Å². The van der Waals surface area contributed by atoms with Crippen molar-refractivity contribution in [1.29, 1.82) is 0 Å². The molecule has 0 unspecified atom stereocenters. The van der Waals surface area contributed by atoms with Crippen molar-refractivity contribution in [3.63, 3.8) is 0 Å². The minimum absolute atomic E-state index is 0.118. The molecule has 6 heteroatoms. The number of hydrogen-bond acceptors (Lipinski definition) is 3. The van der Waals surface area contributed by atoms with E-state index in [1.54, 1.807) is 6.20 Å². The van der Waals surface area contributed by atoms with E-state index in [1.807, 2.05) is 30.2 Å². The van der Waals surface area contributed by atoms with Crippen molar-refractivity contribution in [3.05, 3.63) is 48.5 Å². The van der Waals surface area contributed by atoms with E-state index in [2.05, 4.69) is 57.6 Å². The first-order valence-corrected chi connectivity index (χ1v) is 9.86. The first kappa shape index (κ1) is 19.4. The van der Waals surface area contributed by atoms with Crippen LogP contribution in [0.4, 0.5) is 0 Å². The van der Waals surface area contributed by atoms with Crippen molar-refractivity contribution < 1.29 is 0 Å². The Morgan fingerprint density at radius 2 is 1.93 bits per heavy atom. The Labute approximate surface area is 162 Å². The van der Waals surface area contributed by atoms with Crippen LogP contribution in [-0.4, -0.2) is 52.6 Å². The second-order valence-electron chi connectivity index (χ2n) is 7.74. The molecule has 2 N–H and O–H groups in total. The molecule has 6 nitrogen and oxygen atoms in total. The molecule has 1 fully saturated rings. The number of guanidine groups is 1. The third-order valence-corrected chi connectivity index (χ3v) is 5.34. The van der Waals surface area contributed by atoms with Crippen molar-refractivity contribution >= 4 is 5.96 Å². The van der Waals surface area contributed by atoms with E-state index in [0.717, 1.165) is 18.2 Å². The smallest absolute Gasteiger partial charge is 0.191 e. The fourth-order valence-electron chi connectivity index (χ4n) is 3.62. The molecule has 1 aliphatic heterocycles. The lowest BCUT2D eigenvalue weighted by molar-refractivity contribution is 0.0982. The number of rotatable bonds is 6. The molecule has 2 heterocycles. The molecule has 27 heavy (non-hydrogen) atoms. The monoisotopic (exact) mass is 368 g/mol. The number of nitrogens with one attached hydrogen (secondary N) is 2. The average Bonchev–Trinajstić information content (AvgIpc) is 3.24. The summed E-state index contributed by atoms with van der Waals surface area (Å²) in [6.45, 7) is 8.59. The van der Waals surface area contributed by atoms with E-state index in [9.17, 15) is 0 Å². The van der Waals surface area contributed by atoms with Crippen molar-refractivity contribution in [2.75, 3.05) is 26.7 Å². The van der Waals surface area contributed by atoms with Gasteiger partial charge in [-0.05, 0) is 51.4 Å². The van der Waals surface area contributed by atoms with Crippen molar-refractivity contribution in [2.45, 2.75) is 45.2 Å². The SMILES string of the molecule is CN=C(NCc1ccccc1-n1ccnc1)NCC(C)(C)N1CCCCC1. The van der Waals surface area contributed by atoms with Crippen LogP contribution in [0.1, 0.15) is 38.7 Å². The Hall–Kier alpha value is -2.34. The number of nitrogens with zero attached hydrogens (tertiary/aromatic N) is 4. The quantitative estimate of drug-likeness (QED) is 0.608. The highest BCUT2D eigenvalue weighted by Gasteiger charge is 2.27. The van der Waals surface area contributed by atoms with Gasteiger partial charge in [-0.1, -0.05) is 24.6 Å². The summed E-state index contributed by atoms with van der Waals surface area (Å²) < 4.78 is 2.03. The predicted octanol–water partition coefficient (Wildman–Crippen LogP) is 2.80. The molecule has 1 saturated heterocycles. The molecule has 1 aromatic carbocycles. The number of aromatic nitrogens is 2. The van der Waals surface area contributed by atoms with E-state index in [4.69, 9.17) is 0 Å². The van der Waals surface area contributed by atoms with Gasteiger partial charge in [-0.25, -0.2) is 4.98 Å². The Bertz CT molecular complexity index is 729. The van der Waals surface area contributed by atoms with Gasteiger partial charge in [0.05, 0.1) is 12.0 Å². The maximum atomic E-state index is 4.40. The highest BCUT2D eigenvalue weighted by molar-refractivity contribution is 5.79. The first-order valence-electron chi connectivity index (χ1n) is 9.86. The van der Waals surface area contributed by atoms with Crippen LogP contribution in [0.3, 0.4) is 0 Å². The molecule has 0 amide bonds. The van der Waals surface area contributed by atoms with E-state index in [1.165, 1.54) is 37.9 Å². The molecular weight excluding hydrogens is 336 g/mol. The first-order chi connectivity index (χ1) is 13.1. The lowest BCUT2D eigenvalue weighted by Crippen LogP contribution is -2.54. The summed E-state index contributed by atoms with van der Waals surface area (Å²) in [5.41, 5.74) is 2.45. The fraction of sp³-hybridized carbons (Fsp3) is 0.524. The van der Waals surface area contributed by atoms with Crippen molar-refractivity contribution in [1.82, 2.24) is 25.1 Å². The van der Waals surface area contributed by atoms with Crippen molar-refractivity contribution in [3.8, 4) is 5.69 Å². The topological polar surface area (TPSA) is 57.5 Å². The second kappa shape index (κ2) is 9.04. The van der Waals surface area contributed by atoms with Gasteiger partial charge in [0.1, 0.15) is 0 Å². The molecule has 1 aromatic heterocycles. The number of likely N-dealkylation sites (tertiary alicyclic amines) is 1. The third-order valence-electron chi connectivity index (χ3n) is 5.34. The van der Waals surface area contributed by atoms with Gasteiger partial charge < -0.3 is 15.2 Å². The van der Waals surface area contributed by atoms with Crippen LogP contribution in [0.15, 0.2) is 48.0 Å². The summed E-state index contributed by atoms with van der Waals surface area (Å²) in [6.07, 6.45) is 9.57. The van der Waals surface area contributed by atoms with Crippen LogP contribution < -0.4 is 10.6 Å². The van der Waals surface area contributed by atoms with Crippen LogP contribution in [0.5, 0.6) is 0 Å². The molecule has 0 saturated carbocycles. The molecule has 3 rings (SSSR count). The minimum Gasteiger partial charge on any atom is -0.355 e. The number of hydrogen-bond donors (Lipinski definition) is 2. The zero-order chi connectivity index (χ0) is 19.1. The van der Waals surface area contributed by atoms with Crippen LogP contribution >= 0.6 is 0 Å². The Balaban J connectivity index is 1.57. The molecule has 1 aliphatic rings. The van der Waals surface area contributed by atoms with Crippen LogP contribution in [0, 0.1) is 0 Å². The van der Waals surface area contributed by atoms with E-state index < -0.39 is 0 Å². The van der Waals surface area contributed by atoms with E-state index in [0.29, 0.717) is 6.54 Å². The second-order valence-corrected chi connectivity index (χ2v) is 7.74. The molecular formula is C21H32N6. The maximum absolute atomic E-state index is 4.40. The predicted molar refractivity (Wildman–Crippen MR) is 111 cm³/mol. The van der Waals surface area contributed by atoms with Crippen LogP contribution in [0.25, 0.3) is 5.69 Å². The van der Waals surface area contributed by atoms with Gasteiger partial charge in [-0.15, -0.1) is 0 Å². The average molecular weight is 369 g/mol. The van der Waals surface area contributed by atoms with E-state index in [-0.39, 0.29) is 5.54 Å². The van der Waals surface area contributed by atoms with Gasteiger partial charge in [0.2, 0.25) is 0 Å². The maximum Gasteiger partial charge on any atom is 0.191 e. The Kier molecular flexibility index (Phi) is 6.50. The number of benzene rings is 1. The number of imidazole rings is 1. The summed E-state index contributed by atoms with van der Waals surface area (Å²) in [6, 6.07) is 8.35. The van der Waals surface area contributed by atoms with Gasteiger partial charge in [0.15, 0.2) is 5.96 Å². The Morgan fingerprint density at radius 1 is 1.15 bits per heavy atom. The lowest BCUT2D eigenvalue weighted by atomic mass is 9.98. The summed E-state index contributed by atoms with van der Waals surface area (Å²) >= 11 is 0. The fourth-order valence-corrected chi connectivity index (χ4v) is 3.62. The van der Waals surface area contributed by atoms with Gasteiger partial charge in [0, 0.05) is 38.1 Å².